The van der Waals surface area contributed by atoms with Gasteiger partial charge >= 0.3 is 0 Å². The van der Waals surface area contributed by atoms with Crippen LogP contribution in [-0.2, 0) is 0 Å². The first-order valence-electron chi connectivity index (χ1n) is 7.01. The molecule has 0 saturated heterocycles. The van der Waals surface area contributed by atoms with Gasteiger partial charge in [0.2, 0.25) is 0 Å². The molecule has 5 heteroatoms. The van der Waals surface area contributed by atoms with Gasteiger partial charge in [0.25, 0.3) is 0 Å². The van der Waals surface area contributed by atoms with Gasteiger partial charge in [0.15, 0.2) is 11.3 Å². The zero-order valence-corrected chi connectivity index (χ0v) is 12.0. The third kappa shape index (κ3) is 2.13. The summed E-state index contributed by atoms with van der Waals surface area (Å²) in [6, 6.07) is 16.0. The molecule has 0 bridgehead atoms. The van der Waals surface area contributed by atoms with E-state index in [-0.39, 0.29) is 0 Å². The Morgan fingerprint density at radius 3 is 2.50 bits per heavy atom. The van der Waals surface area contributed by atoms with Crippen LogP contribution in [0.1, 0.15) is 5.56 Å². The summed E-state index contributed by atoms with van der Waals surface area (Å²) in [5, 5.41) is 12.8. The molecule has 0 fully saturated rings. The second kappa shape index (κ2) is 5.04. The molecule has 5 nitrogen and oxygen atoms in total. The van der Waals surface area contributed by atoms with Crippen molar-refractivity contribution in [2.75, 3.05) is 5.32 Å². The van der Waals surface area contributed by atoms with E-state index >= 15 is 0 Å². The van der Waals surface area contributed by atoms with Crippen LogP contribution in [0.25, 0.3) is 21.9 Å². The number of anilines is 2. The van der Waals surface area contributed by atoms with Gasteiger partial charge < -0.3 is 5.32 Å². The molecule has 0 aliphatic rings. The Hall–Kier alpha value is -3.08. The largest absolute Gasteiger partial charge is 0.338 e. The van der Waals surface area contributed by atoms with Crippen molar-refractivity contribution in [1.82, 2.24) is 20.2 Å². The van der Waals surface area contributed by atoms with Crippen LogP contribution in [0.5, 0.6) is 0 Å². The quantitative estimate of drug-likeness (QED) is 0.570. The molecule has 2 heterocycles. The maximum Gasteiger partial charge on any atom is 0.162 e. The SMILES string of the molecule is Cc1ccc(Nc2ncnc3c2nnc2ccccc23)cc1. The summed E-state index contributed by atoms with van der Waals surface area (Å²) in [6.07, 6.45) is 1.55. The topological polar surface area (TPSA) is 63.6 Å². The van der Waals surface area contributed by atoms with Gasteiger partial charge in [-0.3, -0.25) is 0 Å². The second-order valence-electron chi connectivity index (χ2n) is 5.13. The van der Waals surface area contributed by atoms with Crippen molar-refractivity contribution in [2.24, 2.45) is 0 Å². The van der Waals surface area contributed by atoms with E-state index in [0.29, 0.717) is 11.3 Å². The second-order valence-corrected chi connectivity index (χ2v) is 5.13. The first-order chi connectivity index (χ1) is 10.8. The van der Waals surface area contributed by atoms with Crippen molar-refractivity contribution < 1.29 is 0 Å². The van der Waals surface area contributed by atoms with E-state index in [2.05, 4.69) is 32.4 Å². The van der Waals surface area contributed by atoms with E-state index in [4.69, 9.17) is 0 Å². The maximum absolute atomic E-state index is 4.37. The molecule has 0 atom stereocenters. The van der Waals surface area contributed by atoms with Crippen LogP contribution in [-0.4, -0.2) is 20.2 Å². The zero-order valence-electron chi connectivity index (χ0n) is 12.0. The minimum atomic E-state index is 0.659. The summed E-state index contributed by atoms with van der Waals surface area (Å²) < 4.78 is 0. The lowest BCUT2D eigenvalue weighted by molar-refractivity contribution is 1.09. The average Bonchev–Trinajstić information content (AvgIpc) is 2.57. The Morgan fingerprint density at radius 2 is 1.64 bits per heavy atom. The van der Waals surface area contributed by atoms with E-state index in [9.17, 15) is 0 Å². The van der Waals surface area contributed by atoms with Gasteiger partial charge in [0.05, 0.1) is 5.52 Å². The highest BCUT2D eigenvalue weighted by Gasteiger charge is 2.09. The molecule has 0 saturated carbocycles. The van der Waals surface area contributed by atoms with Gasteiger partial charge in [-0.2, -0.15) is 0 Å². The van der Waals surface area contributed by atoms with E-state index in [1.807, 2.05) is 48.5 Å². The molecule has 0 aliphatic heterocycles. The van der Waals surface area contributed by atoms with Crippen molar-refractivity contribution in [3.05, 3.63) is 60.4 Å². The van der Waals surface area contributed by atoms with Crippen molar-refractivity contribution in [1.29, 1.82) is 0 Å². The van der Waals surface area contributed by atoms with E-state index < -0.39 is 0 Å². The molecule has 2 aromatic carbocycles. The Kier molecular flexibility index (Phi) is 2.89. The molecule has 4 aromatic rings. The highest BCUT2D eigenvalue weighted by Crippen LogP contribution is 2.25. The Bertz CT molecular complexity index is 963. The number of nitrogens with one attached hydrogen (secondary N) is 1. The van der Waals surface area contributed by atoms with Crippen LogP contribution in [0, 0.1) is 6.92 Å². The van der Waals surface area contributed by atoms with Crippen LogP contribution in [0.4, 0.5) is 11.5 Å². The highest BCUT2D eigenvalue weighted by atomic mass is 15.1. The van der Waals surface area contributed by atoms with Gasteiger partial charge in [-0.25, -0.2) is 9.97 Å². The van der Waals surface area contributed by atoms with Crippen molar-refractivity contribution in [3.8, 4) is 0 Å². The fourth-order valence-electron chi connectivity index (χ4n) is 2.40. The Labute approximate surface area is 127 Å². The van der Waals surface area contributed by atoms with Crippen molar-refractivity contribution >= 4 is 33.4 Å². The fraction of sp³-hybridized carbons (Fsp3) is 0.0588. The van der Waals surface area contributed by atoms with Crippen LogP contribution < -0.4 is 5.32 Å². The molecular weight excluding hydrogens is 274 g/mol. The summed E-state index contributed by atoms with van der Waals surface area (Å²) in [5.74, 6) is 0.659. The minimum absolute atomic E-state index is 0.659. The number of hydrogen-bond donors (Lipinski definition) is 1. The number of nitrogens with zero attached hydrogens (tertiary/aromatic N) is 4. The summed E-state index contributed by atoms with van der Waals surface area (Å²) in [7, 11) is 0. The lowest BCUT2D eigenvalue weighted by Crippen LogP contribution is -1.99. The summed E-state index contributed by atoms with van der Waals surface area (Å²) in [5.41, 5.74) is 4.47. The average molecular weight is 287 g/mol. The molecule has 0 aliphatic carbocycles. The molecule has 22 heavy (non-hydrogen) atoms. The molecule has 0 spiro atoms. The Morgan fingerprint density at radius 1 is 0.818 bits per heavy atom. The van der Waals surface area contributed by atoms with Crippen molar-refractivity contribution in [3.63, 3.8) is 0 Å². The first kappa shape index (κ1) is 12.6. The predicted octanol–water partition coefficient (Wildman–Crippen LogP) is 3.63. The van der Waals surface area contributed by atoms with E-state index in [1.54, 1.807) is 6.33 Å². The first-order valence-corrected chi connectivity index (χ1v) is 7.01. The highest BCUT2D eigenvalue weighted by molar-refractivity contribution is 6.04. The van der Waals surface area contributed by atoms with Gasteiger partial charge in [0.1, 0.15) is 11.8 Å². The summed E-state index contributed by atoms with van der Waals surface area (Å²) >= 11 is 0. The van der Waals surface area contributed by atoms with Crippen molar-refractivity contribution in [2.45, 2.75) is 6.92 Å². The van der Waals surface area contributed by atoms with E-state index in [1.165, 1.54) is 5.56 Å². The fourth-order valence-corrected chi connectivity index (χ4v) is 2.40. The standard InChI is InChI=1S/C17H13N5/c1-11-6-8-12(9-7-11)20-17-16-15(18-10-19-17)13-4-2-3-5-14(13)21-22-16/h2-10H,1H3,(H,18,19,20). The normalized spacial score (nSPS) is 11.0. The number of aryl methyl sites for hydroxylation is 1. The molecule has 0 unspecified atom stereocenters. The maximum atomic E-state index is 4.37. The van der Waals surface area contributed by atoms with Gasteiger partial charge in [-0.05, 0) is 25.1 Å². The number of hydrogen-bond acceptors (Lipinski definition) is 5. The van der Waals surface area contributed by atoms with Crippen LogP contribution in [0.15, 0.2) is 54.9 Å². The molecule has 1 N–H and O–H groups in total. The number of aromatic nitrogens is 4. The lowest BCUT2D eigenvalue weighted by atomic mass is 10.2. The molecule has 106 valence electrons. The minimum Gasteiger partial charge on any atom is -0.338 e. The molecular formula is C17H13N5. The molecule has 2 aromatic heterocycles. The van der Waals surface area contributed by atoms with Gasteiger partial charge in [0, 0.05) is 11.1 Å². The molecule has 0 amide bonds. The van der Waals surface area contributed by atoms with Gasteiger partial charge in [-0.15, -0.1) is 10.2 Å². The van der Waals surface area contributed by atoms with Crippen LogP contribution in [0.2, 0.25) is 0 Å². The van der Waals surface area contributed by atoms with Gasteiger partial charge in [-0.1, -0.05) is 35.9 Å². The summed E-state index contributed by atoms with van der Waals surface area (Å²) in [4.78, 5) is 8.68. The molecule has 4 rings (SSSR count). The van der Waals surface area contributed by atoms with E-state index in [0.717, 1.165) is 22.1 Å². The third-order valence-corrected chi connectivity index (χ3v) is 3.55. The predicted molar refractivity (Wildman–Crippen MR) is 87.1 cm³/mol. The summed E-state index contributed by atoms with van der Waals surface area (Å²) in [6.45, 7) is 2.06. The number of fused-ring (bicyclic) bond motifs is 3. The third-order valence-electron chi connectivity index (χ3n) is 3.55. The molecule has 0 radical (unpaired) electrons. The number of benzene rings is 2. The zero-order chi connectivity index (χ0) is 14.9. The Balaban J connectivity index is 1.87. The number of rotatable bonds is 2. The lowest BCUT2D eigenvalue weighted by Gasteiger charge is -2.08. The monoisotopic (exact) mass is 287 g/mol. The van der Waals surface area contributed by atoms with Crippen LogP contribution in [0.3, 0.4) is 0 Å². The smallest absolute Gasteiger partial charge is 0.162 e. The van der Waals surface area contributed by atoms with Crippen LogP contribution >= 0.6 is 0 Å².